The maximum atomic E-state index is 12.1. The number of nitrogens with one attached hydrogen (secondary N) is 2. The van der Waals surface area contributed by atoms with E-state index in [0.717, 1.165) is 0 Å². The van der Waals surface area contributed by atoms with E-state index >= 15 is 0 Å². The van der Waals surface area contributed by atoms with Crippen LogP contribution in [0.5, 0.6) is 0 Å². The number of rotatable bonds is 3. The van der Waals surface area contributed by atoms with Crippen molar-refractivity contribution < 1.29 is 9.59 Å². The molecule has 0 atom stereocenters. The molecule has 0 aliphatic carbocycles. The summed E-state index contributed by atoms with van der Waals surface area (Å²) in [5.74, 6) is -0.410. The van der Waals surface area contributed by atoms with E-state index in [1.165, 1.54) is 29.6 Å². The molecular weight excluding hydrogens is 296 g/mol. The summed E-state index contributed by atoms with van der Waals surface area (Å²) in [7, 11) is 0. The third kappa shape index (κ3) is 3.38. The Morgan fingerprint density at radius 3 is 2.39 bits per heavy atom. The average Bonchev–Trinajstić information content (AvgIpc) is 3.15. The fourth-order valence-corrected chi connectivity index (χ4v) is 1.86. The van der Waals surface area contributed by atoms with Crippen molar-refractivity contribution in [1.29, 1.82) is 0 Å². The highest BCUT2D eigenvalue weighted by Crippen LogP contribution is 2.05. The SMILES string of the molecule is O=C(NNC(=O)c1ccnc(-n2cncn2)c1)c1ccccc1. The lowest BCUT2D eigenvalue weighted by molar-refractivity contribution is 0.0846. The molecule has 8 heteroatoms. The van der Waals surface area contributed by atoms with Gasteiger partial charge in [-0.25, -0.2) is 14.6 Å². The normalized spacial score (nSPS) is 10.1. The smallest absolute Gasteiger partial charge is 0.267 e. The van der Waals surface area contributed by atoms with Crippen molar-refractivity contribution in [2.45, 2.75) is 0 Å². The van der Waals surface area contributed by atoms with E-state index in [9.17, 15) is 9.59 Å². The minimum atomic E-state index is -0.460. The van der Waals surface area contributed by atoms with Crippen LogP contribution in [-0.2, 0) is 0 Å². The Bertz CT molecular complexity index is 817. The van der Waals surface area contributed by atoms with Crippen molar-refractivity contribution in [3.63, 3.8) is 0 Å². The van der Waals surface area contributed by atoms with Gasteiger partial charge in [-0.05, 0) is 24.3 Å². The largest absolute Gasteiger partial charge is 0.269 e. The molecule has 1 aromatic carbocycles. The van der Waals surface area contributed by atoms with Gasteiger partial charge in [-0.2, -0.15) is 5.10 Å². The summed E-state index contributed by atoms with van der Waals surface area (Å²) in [5.41, 5.74) is 5.50. The van der Waals surface area contributed by atoms with Crippen molar-refractivity contribution in [2.75, 3.05) is 0 Å². The van der Waals surface area contributed by atoms with Crippen LogP contribution in [0.2, 0.25) is 0 Å². The maximum absolute atomic E-state index is 12.1. The van der Waals surface area contributed by atoms with Crippen molar-refractivity contribution in [3.05, 3.63) is 72.4 Å². The second kappa shape index (κ2) is 6.48. The lowest BCUT2D eigenvalue weighted by Gasteiger charge is -2.08. The summed E-state index contributed by atoms with van der Waals surface area (Å²) >= 11 is 0. The number of pyridine rings is 1. The molecule has 3 rings (SSSR count). The maximum Gasteiger partial charge on any atom is 0.269 e. The zero-order valence-electron chi connectivity index (χ0n) is 11.9. The zero-order chi connectivity index (χ0) is 16.1. The van der Waals surface area contributed by atoms with Crippen LogP contribution < -0.4 is 10.9 Å². The number of hydrogen-bond acceptors (Lipinski definition) is 5. The fourth-order valence-electron chi connectivity index (χ4n) is 1.86. The molecule has 2 amide bonds. The molecule has 0 radical (unpaired) electrons. The summed E-state index contributed by atoms with van der Waals surface area (Å²) in [5, 5.41) is 3.94. The third-order valence-corrected chi connectivity index (χ3v) is 2.99. The number of carbonyl (C=O) groups excluding carboxylic acids is 2. The van der Waals surface area contributed by atoms with Crippen LogP contribution in [0.1, 0.15) is 20.7 Å². The van der Waals surface area contributed by atoms with Crippen LogP contribution >= 0.6 is 0 Å². The van der Waals surface area contributed by atoms with E-state index in [4.69, 9.17) is 0 Å². The first-order valence-electron chi connectivity index (χ1n) is 6.71. The molecule has 0 bridgehead atoms. The highest BCUT2D eigenvalue weighted by Gasteiger charge is 2.10. The molecule has 0 aliphatic heterocycles. The summed E-state index contributed by atoms with van der Waals surface area (Å²) in [6, 6.07) is 11.7. The average molecular weight is 308 g/mol. The molecule has 3 aromatic rings. The summed E-state index contributed by atoms with van der Waals surface area (Å²) in [6.45, 7) is 0. The minimum absolute atomic E-state index is 0.332. The molecule has 0 unspecified atom stereocenters. The fraction of sp³-hybridized carbons (Fsp3) is 0. The van der Waals surface area contributed by atoms with Gasteiger partial charge in [-0.3, -0.25) is 20.4 Å². The van der Waals surface area contributed by atoms with Crippen LogP contribution in [0.25, 0.3) is 5.82 Å². The quantitative estimate of drug-likeness (QED) is 0.695. The Balaban J connectivity index is 1.67. The molecule has 0 spiro atoms. The van der Waals surface area contributed by atoms with Crippen LogP contribution in [0, 0.1) is 0 Å². The molecule has 8 nitrogen and oxygen atoms in total. The van der Waals surface area contributed by atoms with Crippen molar-refractivity contribution in [1.82, 2.24) is 30.6 Å². The van der Waals surface area contributed by atoms with Gasteiger partial charge in [0.2, 0.25) is 0 Å². The summed E-state index contributed by atoms with van der Waals surface area (Å²) < 4.78 is 1.43. The van der Waals surface area contributed by atoms with E-state index in [1.807, 2.05) is 0 Å². The van der Waals surface area contributed by atoms with Crippen LogP contribution in [0.15, 0.2) is 61.3 Å². The lowest BCUT2D eigenvalue weighted by atomic mass is 10.2. The van der Waals surface area contributed by atoms with Gasteiger partial charge >= 0.3 is 0 Å². The zero-order valence-corrected chi connectivity index (χ0v) is 11.9. The van der Waals surface area contributed by atoms with Gasteiger partial charge in [-0.1, -0.05) is 18.2 Å². The molecule has 0 saturated carbocycles. The Hall–Kier alpha value is -3.55. The topological polar surface area (TPSA) is 102 Å². The van der Waals surface area contributed by atoms with Crippen molar-refractivity contribution in [2.24, 2.45) is 0 Å². The highest BCUT2D eigenvalue weighted by atomic mass is 16.2. The lowest BCUT2D eigenvalue weighted by Crippen LogP contribution is -2.41. The van der Waals surface area contributed by atoms with Gasteiger partial charge in [0.1, 0.15) is 12.7 Å². The molecule has 2 aromatic heterocycles. The Labute approximate surface area is 131 Å². The second-order valence-electron chi connectivity index (χ2n) is 4.52. The number of aromatic nitrogens is 4. The minimum Gasteiger partial charge on any atom is -0.267 e. The predicted octanol–water partition coefficient (Wildman–Crippen LogP) is 0.737. The number of hydrogen-bond donors (Lipinski definition) is 2. The van der Waals surface area contributed by atoms with E-state index in [1.54, 1.807) is 36.4 Å². The van der Waals surface area contributed by atoms with Crippen molar-refractivity contribution in [3.8, 4) is 5.82 Å². The second-order valence-corrected chi connectivity index (χ2v) is 4.52. The standard InChI is InChI=1S/C15H12N6O2/c22-14(11-4-2-1-3-5-11)19-20-15(23)12-6-7-17-13(8-12)21-10-16-9-18-21/h1-10H,(H,19,22)(H,20,23). The first kappa shape index (κ1) is 14.4. The summed E-state index contributed by atoms with van der Waals surface area (Å²) in [6.07, 6.45) is 4.32. The van der Waals surface area contributed by atoms with E-state index in [-0.39, 0.29) is 0 Å². The van der Waals surface area contributed by atoms with Gasteiger partial charge in [0.05, 0.1) is 0 Å². The van der Waals surface area contributed by atoms with E-state index < -0.39 is 11.8 Å². The van der Waals surface area contributed by atoms with Crippen LogP contribution in [0.4, 0.5) is 0 Å². The molecule has 23 heavy (non-hydrogen) atoms. The number of benzene rings is 1. The molecule has 114 valence electrons. The van der Waals surface area contributed by atoms with Gasteiger partial charge in [0.15, 0.2) is 5.82 Å². The number of carbonyl (C=O) groups is 2. The van der Waals surface area contributed by atoms with Gasteiger partial charge in [-0.15, -0.1) is 0 Å². The van der Waals surface area contributed by atoms with Gasteiger partial charge in [0, 0.05) is 17.3 Å². The molecule has 2 heterocycles. The van der Waals surface area contributed by atoms with Gasteiger partial charge in [0.25, 0.3) is 11.8 Å². The highest BCUT2D eigenvalue weighted by molar-refractivity contribution is 5.99. The van der Waals surface area contributed by atoms with E-state index in [0.29, 0.717) is 16.9 Å². The Morgan fingerprint density at radius 1 is 0.957 bits per heavy atom. The molecule has 0 saturated heterocycles. The first-order chi connectivity index (χ1) is 11.2. The molecule has 0 aliphatic rings. The molecular formula is C15H12N6O2. The third-order valence-electron chi connectivity index (χ3n) is 2.99. The summed E-state index contributed by atoms with van der Waals surface area (Å²) in [4.78, 5) is 31.9. The van der Waals surface area contributed by atoms with Crippen LogP contribution in [-0.4, -0.2) is 31.6 Å². The predicted molar refractivity (Wildman–Crippen MR) is 80.5 cm³/mol. The number of amides is 2. The first-order valence-corrected chi connectivity index (χ1v) is 6.71. The van der Waals surface area contributed by atoms with E-state index in [2.05, 4.69) is 25.9 Å². The van der Waals surface area contributed by atoms with Gasteiger partial charge < -0.3 is 0 Å². The number of nitrogens with zero attached hydrogens (tertiary/aromatic N) is 4. The molecule has 2 N–H and O–H groups in total. The Kier molecular flexibility index (Phi) is 4.05. The van der Waals surface area contributed by atoms with Crippen LogP contribution in [0.3, 0.4) is 0 Å². The number of hydrazine groups is 1. The monoisotopic (exact) mass is 308 g/mol. The van der Waals surface area contributed by atoms with Crippen molar-refractivity contribution >= 4 is 11.8 Å². The molecule has 0 fully saturated rings. The Morgan fingerprint density at radius 2 is 1.70 bits per heavy atom.